The maximum absolute atomic E-state index is 7.19. The summed E-state index contributed by atoms with van der Waals surface area (Å²) in [7, 11) is 0. The summed E-state index contributed by atoms with van der Waals surface area (Å²) in [6, 6.07) is 0. The molecule has 1 N–H and O–H groups in total. The second-order valence-corrected chi connectivity index (χ2v) is 1.90. The predicted octanol–water partition coefficient (Wildman–Crippen LogP) is 1.75. The number of allylic oxidation sites excluding steroid dienone is 2. The molecule has 1 aliphatic carbocycles. The standard InChI is InChI=1S/C6H9N/c1-5-3-2-4-6(5)7/h3,7H,2,4H2,1H3. The minimum atomic E-state index is 0.819. The van der Waals surface area contributed by atoms with Gasteiger partial charge in [-0.15, -0.1) is 0 Å². The fourth-order valence-electron chi connectivity index (χ4n) is 0.753. The zero-order chi connectivity index (χ0) is 5.28. The molecule has 38 valence electrons. The molecule has 1 rings (SSSR count). The van der Waals surface area contributed by atoms with Gasteiger partial charge in [0, 0.05) is 5.71 Å². The van der Waals surface area contributed by atoms with Gasteiger partial charge < -0.3 is 5.41 Å². The van der Waals surface area contributed by atoms with Crippen molar-refractivity contribution in [2.24, 2.45) is 0 Å². The molecule has 0 aliphatic heterocycles. The Morgan fingerprint density at radius 1 is 1.71 bits per heavy atom. The van der Waals surface area contributed by atoms with E-state index in [4.69, 9.17) is 5.41 Å². The molecule has 0 aromatic heterocycles. The fraction of sp³-hybridized carbons (Fsp3) is 0.500. The lowest BCUT2D eigenvalue weighted by Crippen LogP contribution is -1.87. The first-order chi connectivity index (χ1) is 3.30. The van der Waals surface area contributed by atoms with Gasteiger partial charge in [0.25, 0.3) is 0 Å². The van der Waals surface area contributed by atoms with Crippen LogP contribution in [0.15, 0.2) is 11.6 Å². The summed E-state index contributed by atoms with van der Waals surface area (Å²) in [4.78, 5) is 0. The molecule has 0 radical (unpaired) electrons. The SMILES string of the molecule is CC1=CCCC1=N. The first-order valence-corrected chi connectivity index (χ1v) is 2.55. The predicted molar refractivity (Wildman–Crippen MR) is 30.7 cm³/mol. The average molecular weight is 95.1 g/mol. The van der Waals surface area contributed by atoms with Crippen molar-refractivity contribution < 1.29 is 0 Å². The fourth-order valence-corrected chi connectivity index (χ4v) is 0.753. The highest BCUT2D eigenvalue weighted by Gasteiger charge is 2.03. The van der Waals surface area contributed by atoms with E-state index in [1.54, 1.807) is 0 Å². The minimum Gasteiger partial charge on any atom is -0.305 e. The van der Waals surface area contributed by atoms with E-state index in [1.807, 2.05) is 6.92 Å². The van der Waals surface area contributed by atoms with Crippen LogP contribution in [0.3, 0.4) is 0 Å². The summed E-state index contributed by atoms with van der Waals surface area (Å²) < 4.78 is 0. The van der Waals surface area contributed by atoms with Crippen LogP contribution < -0.4 is 0 Å². The number of hydrogen-bond acceptors (Lipinski definition) is 1. The molecule has 0 heterocycles. The second-order valence-electron chi connectivity index (χ2n) is 1.90. The Hall–Kier alpha value is -0.590. The molecule has 0 amide bonds. The van der Waals surface area contributed by atoms with Crippen LogP contribution in [-0.4, -0.2) is 5.71 Å². The van der Waals surface area contributed by atoms with Crippen LogP contribution in [-0.2, 0) is 0 Å². The highest BCUT2D eigenvalue weighted by atomic mass is 14.4. The van der Waals surface area contributed by atoms with Crippen molar-refractivity contribution in [3.05, 3.63) is 11.6 Å². The lowest BCUT2D eigenvalue weighted by Gasteiger charge is -1.86. The first-order valence-electron chi connectivity index (χ1n) is 2.55. The summed E-state index contributed by atoms with van der Waals surface area (Å²) in [5, 5.41) is 7.19. The normalized spacial score (nSPS) is 20.1. The van der Waals surface area contributed by atoms with Crippen molar-refractivity contribution >= 4 is 5.71 Å². The molecule has 0 aromatic carbocycles. The maximum Gasteiger partial charge on any atom is 0.0342 e. The van der Waals surface area contributed by atoms with Gasteiger partial charge >= 0.3 is 0 Å². The highest BCUT2D eigenvalue weighted by Crippen LogP contribution is 2.11. The Morgan fingerprint density at radius 2 is 2.43 bits per heavy atom. The van der Waals surface area contributed by atoms with Crippen molar-refractivity contribution in [2.45, 2.75) is 19.8 Å². The zero-order valence-corrected chi connectivity index (χ0v) is 4.49. The molecular formula is C6H9N. The largest absolute Gasteiger partial charge is 0.305 e. The average Bonchev–Trinajstić information content (AvgIpc) is 1.91. The molecule has 0 fully saturated rings. The Kier molecular flexibility index (Phi) is 0.970. The lowest BCUT2D eigenvalue weighted by molar-refractivity contribution is 1.13. The summed E-state index contributed by atoms with van der Waals surface area (Å²) in [6.07, 6.45) is 4.17. The molecule has 0 saturated carbocycles. The molecule has 1 aliphatic rings. The van der Waals surface area contributed by atoms with E-state index in [1.165, 1.54) is 5.57 Å². The van der Waals surface area contributed by atoms with Crippen molar-refractivity contribution in [1.29, 1.82) is 5.41 Å². The van der Waals surface area contributed by atoms with E-state index in [9.17, 15) is 0 Å². The molecule has 0 atom stereocenters. The molecule has 0 bridgehead atoms. The lowest BCUT2D eigenvalue weighted by atomic mass is 10.2. The quantitative estimate of drug-likeness (QED) is 0.474. The first kappa shape index (κ1) is 4.57. The number of nitrogens with one attached hydrogen (secondary N) is 1. The zero-order valence-electron chi connectivity index (χ0n) is 4.49. The second kappa shape index (κ2) is 1.49. The third-order valence-corrected chi connectivity index (χ3v) is 1.32. The van der Waals surface area contributed by atoms with Crippen molar-refractivity contribution in [3.8, 4) is 0 Å². The van der Waals surface area contributed by atoms with E-state index in [0.29, 0.717) is 0 Å². The minimum absolute atomic E-state index is 0.819. The number of hydrogen-bond donors (Lipinski definition) is 1. The maximum atomic E-state index is 7.19. The Morgan fingerprint density at radius 3 is 2.57 bits per heavy atom. The molecular weight excluding hydrogens is 86.1 g/mol. The third-order valence-electron chi connectivity index (χ3n) is 1.32. The smallest absolute Gasteiger partial charge is 0.0342 e. The van der Waals surface area contributed by atoms with Gasteiger partial charge in [-0.1, -0.05) is 6.08 Å². The molecule has 0 spiro atoms. The van der Waals surface area contributed by atoms with Crippen LogP contribution in [0.1, 0.15) is 19.8 Å². The van der Waals surface area contributed by atoms with Crippen LogP contribution in [0.25, 0.3) is 0 Å². The highest BCUT2D eigenvalue weighted by molar-refractivity contribution is 5.99. The van der Waals surface area contributed by atoms with Crippen LogP contribution in [0.5, 0.6) is 0 Å². The van der Waals surface area contributed by atoms with E-state index >= 15 is 0 Å². The molecule has 0 saturated heterocycles. The van der Waals surface area contributed by atoms with Gasteiger partial charge in [-0.2, -0.15) is 0 Å². The molecule has 7 heavy (non-hydrogen) atoms. The Balaban J connectivity index is 2.72. The Labute approximate surface area is 43.6 Å². The molecule has 1 heteroatoms. The van der Waals surface area contributed by atoms with Crippen LogP contribution in [0, 0.1) is 5.41 Å². The molecule has 0 unspecified atom stereocenters. The summed E-state index contributed by atoms with van der Waals surface area (Å²) in [6.45, 7) is 2.00. The summed E-state index contributed by atoms with van der Waals surface area (Å²) in [5.74, 6) is 0. The summed E-state index contributed by atoms with van der Waals surface area (Å²) in [5.41, 5.74) is 1.99. The van der Waals surface area contributed by atoms with Gasteiger partial charge in [-0.3, -0.25) is 0 Å². The Bertz CT molecular complexity index is 122. The van der Waals surface area contributed by atoms with Gasteiger partial charge in [0.2, 0.25) is 0 Å². The van der Waals surface area contributed by atoms with Crippen LogP contribution >= 0.6 is 0 Å². The van der Waals surface area contributed by atoms with Gasteiger partial charge in [-0.25, -0.2) is 0 Å². The van der Waals surface area contributed by atoms with E-state index < -0.39 is 0 Å². The van der Waals surface area contributed by atoms with Gasteiger partial charge in [0.05, 0.1) is 0 Å². The van der Waals surface area contributed by atoms with Gasteiger partial charge in [0.1, 0.15) is 0 Å². The third kappa shape index (κ3) is 0.710. The van der Waals surface area contributed by atoms with Crippen LogP contribution in [0.2, 0.25) is 0 Å². The van der Waals surface area contributed by atoms with Crippen LogP contribution in [0.4, 0.5) is 0 Å². The van der Waals surface area contributed by atoms with Gasteiger partial charge in [0.15, 0.2) is 0 Å². The topological polar surface area (TPSA) is 23.9 Å². The van der Waals surface area contributed by atoms with E-state index in [0.717, 1.165) is 18.6 Å². The van der Waals surface area contributed by atoms with Crippen molar-refractivity contribution in [1.82, 2.24) is 0 Å². The van der Waals surface area contributed by atoms with E-state index in [-0.39, 0.29) is 0 Å². The monoisotopic (exact) mass is 95.1 g/mol. The molecule has 0 aromatic rings. The van der Waals surface area contributed by atoms with Crippen molar-refractivity contribution in [3.63, 3.8) is 0 Å². The summed E-state index contributed by atoms with van der Waals surface area (Å²) >= 11 is 0. The van der Waals surface area contributed by atoms with E-state index in [2.05, 4.69) is 6.08 Å². The number of rotatable bonds is 0. The van der Waals surface area contributed by atoms with Gasteiger partial charge in [-0.05, 0) is 25.3 Å². The molecule has 1 nitrogen and oxygen atoms in total. The van der Waals surface area contributed by atoms with Crippen molar-refractivity contribution in [2.75, 3.05) is 0 Å².